The lowest BCUT2D eigenvalue weighted by Gasteiger charge is -2.26. The largest absolute Gasteiger partial charge is 0.481 e. The van der Waals surface area contributed by atoms with Crippen LogP contribution in [0.5, 0.6) is 5.88 Å². The number of carboxylic acid groups (broad SMARTS) is 1. The van der Waals surface area contributed by atoms with Crippen LogP contribution in [0.15, 0.2) is 42.6 Å². The zero-order valence-electron chi connectivity index (χ0n) is 17.0. The number of aromatic nitrogens is 1. The van der Waals surface area contributed by atoms with Gasteiger partial charge in [0, 0.05) is 30.4 Å². The smallest absolute Gasteiger partial charge is 0.306 e. The lowest BCUT2D eigenvalue weighted by atomic mass is 9.87. The maximum absolute atomic E-state index is 12.2. The molecule has 1 atom stereocenters. The molecule has 0 radical (unpaired) electrons. The van der Waals surface area contributed by atoms with Gasteiger partial charge in [0.05, 0.1) is 11.5 Å². The van der Waals surface area contributed by atoms with Gasteiger partial charge < -0.3 is 20.3 Å². The fraction of sp³-hybridized carbons (Fsp3) is 0.409. The third-order valence-electron chi connectivity index (χ3n) is 5.24. The topological polar surface area (TPSA) is 121 Å². The number of amides is 1. The van der Waals surface area contributed by atoms with Gasteiger partial charge in [0.1, 0.15) is 12.3 Å². The summed E-state index contributed by atoms with van der Waals surface area (Å²) >= 11 is 5.83. The summed E-state index contributed by atoms with van der Waals surface area (Å²) in [4.78, 5) is 27.4. The van der Waals surface area contributed by atoms with Gasteiger partial charge in [-0.3, -0.25) is 14.9 Å². The fourth-order valence-corrected chi connectivity index (χ4v) is 3.56. The van der Waals surface area contributed by atoms with Crippen molar-refractivity contribution >= 4 is 23.5 Å². The van der Waals surface area contributed by atoms with E-state index in [1.807, 2.05) is 0 Å². The molecule has 4 N–H and O–H groups in total. The molecule has 1 aromatic heterocycles. The number of carbonyl (C=O) groups is 2. The number of benzene rings is 1. The highest BCUT2D eigenvalue weighted by molar-refractivity contribution is 6.30. The Balaban J connectivity index is 1.38. The predicted molar refractivity (Wildman–Crippen MR) is 115 cm³/mol. The first-order valence-corrected chi connectivity index (χ1v) is 10.6. The number of aliphatic hydroxyl groups excluding tert-OH is 1. The summed E-state index contributed by atoms with van der Waals surface area (Å²) in [6.07, 6.45) is 3.09. The molecule has 0 saturated heterocycles. The van der Waals surface area contributed by atoms with Crippen LogP contribution in [0, 0.1) is 5.92 Å². The van der Waals surface area contributed by atoms with Crippen LogP contribution in [0.25, 0.3) is 0 Å². The average molecular weight is 448 g/mol. The molecule has 9 heteroatoms. The third kappa shape index (κ3) is 6.92. The number of hydrogen-bond acceptors (Lipinski definition) is 6. The maximum Gasteiger partial charge on any atom is 0.306 e. The van der Waals surface area contributed by atoms with Crippen LogP contribution in [-0.4, -0.2) is 46.3 Å². The summed E-state index contributed by atoms with van der Waals surface area (Å²) in [5.41, 5.74) is 1.09. The highest BCUT2D eigenvalue weighted by Gasteiger charge is 2.27. The number of rotatable bonds is 9. The molecule has 1 fully saturated rings. The zero-order chi connectivity index (χ0) is 22.2. The number of halogens is 1. The van der Waals surface area contributed by atoms with Crippen molar-refractivity contribution in [3.05, 3.63) is 58.7 Å². The summed E-state index contributed by atoms with van der Waals surface area (Å²) < 4.78 is 5.81. The molecule has 1 unspecified atom stereocenters. The molecule has 0 aliphatic heterocycles. The van der Waals surface area contributed by atoms with E-state index in [1.165, 1.54) is 6.20 Å². The number of ether oxygens (including phenoxy) is 1. The van der Waals surface area contributed by atoms with Gasteiger partial charge in [0.2, 0.25) is 5.88 Å². The molecule has 0 spiro atoms. The summed E-state index contributed by atoms with van der Waals surface area (Å²) in [5, 5.41) is 25.4. The van der Waals surface area contributed by atoms with Crippen LogP contribution >= 0.6 is 11.6 Å². The van der Waals surface area contributed by atoms with Crippen molar-refractivity contribution in [2.45, 2.75) is 38.0 Å². The van der Waals surface area contributed by atoms with E-state index in [0.29, 0.717) is 60.8 Å². The molecule has 1 aromatic carbocycles. The minimum atomic E-state index is -0.849. The van der Waals surface area contributed by atoms with E-state index < -0.39 is 12.2 Å². The standard InChI is InChI=1S/C22H26ClN3O5/c23-17-6-1-14(2-7-17)20(27)24-11-12-25-21(28)16-5-10-19(26-13-16)31-18-8-3-15(4-9-18)22(29)30/h1-2,5-7,10,13,15,18,20,24,27H,3-4,8-9,11-12H2,(H,25,28)(H,29,30). The van der Waals surface area contributed by atoms with Crippen molar-refractivity contribution in [1.82, 2.24) is 15.6 Å². The fourth-order valence-electron chi connectivity index (χ4n) is 3.43. The van der Waals surface area contributed by atoms with Crippen molar-refractivity contribution in [3.63, 3.8) is 0 Å². The number of aliphatic carboxylic acids is 1. The normalized spacial score (nSPS) is 19.4. The van der Waals surface area contributed by atoms with Crippen molar-refractivity contribution in [3.8, 4) is 5.88 Å². The minimum absolute atomic E-state index is 0.0547. The SMILES string of the molecule is O=C(NCCNC(O)c1ccc(Cl)cc1)c1ccc(OC2CCC(C(=O)O)CC2)nc1. The Hall–Kier alpha value is -2.68. The average Bonchev–Trinajstić information content (AvgIpc) is 2.78. The minimum Gasteiger partial charge on any atom is -0.481 e. The van der Waals surface area contributed by atoms with Gasteiger partial charge in [-0.1, -0.05) is 23.7 Å². The van der Waals surface area contributed by atoms with Crippen LogP contribution in [-0.2, 0) is 4.79 Å². The number of carbonyl (C=O) groups excluding carboxylic acids is 1. The highest BCUT2D eigenvalue weighted by atomic mass is 35.5. The summed E-state index contributed by atoms with van der Waals surface area (Å²) in [5.74, 6) is -0.894. The molecule has 1 heterocycles. The lowest BCUT2D eigenvalue weighted by molar-refractivity contribution is -0.143. The van der Waals surface area contributed by atoms with Crippen LogP contribution in [0.3, 0.4) is 0 Å². The van der Waals surface area contributed by atoms with Gasteiger partial charge in [-0.2, -0.15) is 0 Å². The molecular formula is C22H26ClN3O5. The molecule has 8 nitrogen and oxygen atoms in total. The van der Waals surface area contributed by atoms with Crippen LogP contribution in [0.1, 0.15) is 47.8 Å². The molecular weight excluding hydrogens is 422 g/mol. The number of hydrogen-bond donors (Lipinski definition) is 4. The van der Waals surface area contributed by atoms with Gasteiger partial charge in [-0.25, -0.2) is 4.98 Å². The summed E-state index contributed by atoms with van der Waals surface area (Å²) in [6, 6.07) is 10.1. The number of aliphatic hydroxyl groups is 1. The summed E-state index contributed by atoms with van der Waals surface area (Å²) in [6.45, 7) is 0.706. The van der Waals surface area contributed by atoms with Crippen LogP contribution < -0.4 is 15.4 Å². The second-order valence-electron chi connectivity index (χ2n) is 7.48. The van der Waals surface area contributed by atoms with E-state index in [0.717, 1.165) is 0 Å². The Morgan fingerprint density at radius 1 is 1.10 bits per heavy atom. The van der Waals surface area contributed by atoms with Crippen molar-refractivity contribution in [2.24, 2.45) is 5.92 Å². The Labute approximate surface area is 185 Å². The molecule has 2 aromatic rings. The van der Waals surface area contributed by atoms with E-state index >= 15 is 0 Å². The molecule has 31 heavy (non-hydrogen) atoms. The van der Waals surface area contributed by atoms with Gasteiger partial charge in [0.25, 0.3) is 5.91 Å². The Bertz CT molecular complexity index is 868. The third-order valence-corrected chi connectivity index (χ3v) is 5.50. The quantitative estimate of drug-likeness (QED) is 0.344. The zero-order valence-corrected chi connectivity index (χ0v) is 17.7. The van der Waals surface area contributed by atoms with Crippen molar-refractivity contribution < 1.29 is 24.5 Å². The Morgan fingerprint density at radius 3 is 2.42 bits per heavy atom. The number of pyridine rings is 1. The van der Waals surface area contributed by atoms with Gasteiger partial charge in [0.15, 0.2) is 0 Å². The monoisotopic (exact) mass is 447 g/mol. The van der Waals surface area contributed by atoms with Gasteiger partial charge >= 0.3 is 5.97 Å². The first-order chi connectivity index (χ1) is 14.9. The number of nitrogens with one attached hydrogen (secondary N) is 2. The van der Waals surface area contributed by atoms with Gasteiger partial charge in [-0.15, -0.1) is 0 Å². The maximum atomic E-state index is 12.2. The van der Waals surface area contributed by atoms with Crippen molar-refractivity contribution in [1.29, 1.82) is 0 Å². The second-order valence-corrected chi connectivity index (χ2v) is 7.92. The van der Waals surface area contributed by atoms with Crippen LogP contribution in [0.4, 0.5) is 0 Å². The van der Waals surface area contributed by atoms with Crippen LogP contribution in [0.2, 0.25) is 5.02 Å². The van der Waals surface area contributed by atoms with E-state index in [1.54, 1.807) is 36.4 Å². The first kappa shape index (κ1) is 23.0. The lowest BCUT2D eigenvalue weighted by Crippen LogP contribution is -2.33. The highest BCUT2D eigenvalue weighted by Crippen LogP contribution is 2.27. The second kappa shape index (κ2) is 11.1. The molecule has 3 rings (SSSR count). The van der Waals surface area contributed by atoms with E-state index in [9.17, 15) is 14.7 Å². The Morgan fingerprint density at radius 2 is 1.81 bits per heavy atom. The number of nitrogens with zero attached hydrogens (tertiary/aromatic N) is 1. The molecule has 0 bridgehead atoms. The van der Waals surface area contributed by atoms with E-state index in [-0.39, 0.29) is 17.9 Å². The molecule has 1 amide bonds. The first-order valence-electron chi connectivity index (χ1n) is 10.2. The molecule has 1 saturated carbocycles. The van der Waals surface area contributed by atoms with Gasteiger partial charge in [-0.05, 0) is 49.4 Å². The summed E-state index contributed by atoms with van der Waals surface area (Å²) in [7, 11) is 0. The van der Waals surface area contributed by atoms with Crippen molar-refractivity contribution in [2.75, 3.05) is 13.1 Å². The van der Waals surface area contributed by atoms with E-state index in [4.69, 9.17) is 21.4 Å². The molecule has 1 aliphatic carbocycles. The molecule has 166 valence electrons. The predicted octanol–water partition coefficient (Wildman–Crippen LogP) is 2.77. The molecule has 1 aliphatic rings. The Kier molecular flexibility index (Phi) is 8.22. The number of carboxylic acids is 1. The van der Waals surface area contributed by atoms with E-state index in [2.05, 4.69) is 15.6 Å².